The average Bonchev–Trinajstić information content (AvgIpc) is 2.38. The molecule has 0 spiro atoms. The van der Waals surface area contributed by atoms with Crippen molar-refractivity contribution in [3.05, 3.63) is 63.9 Å². The number of nitrogens with two attached hydrogens (primary N) is 1. The van der Waals surface area contributed by atoms with Crippen molar-refractivity contribution in [3.63, 3.8) is 0 Å². The van der Waals surface area contributed by atoms with Crippen molar-refractivity contribution in [3.8, 4) is 0 Å². The summed E-state index contributed by atoms with van der Waals surface area (Å²) in [6.07, 6.45) is 0. The zero-order chi connectivity index (χ0) is 13.8. The van der Waals surface area contributed by atoms with E-state index < -0.39 is 0 Å². The van der Waals surface area contributed by atoms with Gasteiger partial charge in [0, 0.05) is 21.2 Å². The lowest BCUT2D eigenvalue weighted by Gasteiger charge is -2.09. The second-order valence-corrected chi connectivity index (χ2v) is 6.29. The summed E-state index contributed by atoms with van der Waals surface area (Å²) in [5.41, 5.74) is 8.08. The maximum absolute atomic E-state index is 13.0. The summed E-state index contributed by atoms with van der Waals surface area (Å²) in [6, 6.07) is 13.0. The lowest BCUT2D eigenvalue weighted by Crippen LogP contribution is -2.04. The van der Waals surface area contributed by atoms with Gasteiger partial charge < -0.3 is 5.73 Å². The number of halogens is 2. The van der Waals surface area contributed by atoms with E-state index in [1.165, 1.54) is 17.0 Å². The molecule has 2 aromatic carbocycles. The monoisotopic (exact) mass is 339 g/mol. The number of benzene rings is 2. The molecule has 19 heavy (non-hydrogen) atoms. The van der Waals surface area contributed by atoms with Gasteiger partial charge in [0.15, 0.2) is 0 Å². The number of thioether (sulfide) groups is 1. The first kappa shape index (κ1) is 14.6. The summed E-state index contributed by atoms with van der Waals surface area (Å²) < 4.78 is 13.8. The van der Waals surface area contributed by atoms with Crippen LogP contribution >= 0.6 is 27.7 Å². The van der Waals surface area contributed by atoms with Crippen LogP contribution in [0.15, 0.2) is 51.8 Å². The van der Waals surface area contributed by atoms with Crippen molar-refractivity contribution >= 4 is 27.7 Å². The highest BCUT2D eigenvalue weighted by Crippen LogP contribution is 2.28. The molecule has 0 aliphatic carbocycles. The van der Waals surface area contributed by atoms with Gasteiger partial charge in [-0.05, 0) is 42.3 Å². The smallest absolute Gasteiger partial charge is 0.124 e. The van der Waals surface area contributed by atoms with Gasteiger partial charge in [0.2, 0.25) is 0 Å². The molecule has 0 aliphatic rings. The first-order valence-corrected chi connectivity index (χ1v) is 7.76. The fourth-order valence-corrected chi connectivity index (χ4v) is 3.33. The Hall–Kier alpha value is -0.840. The van der Waals surface area contributed by atoms with E-state index >= 15 is 0 Å². The van der Waals surface area contributed by atoms with Gasteiger partial charge in [-0.1, -0.05) is 34.1 Å². The van der Waals surface area contributed by atoms with E-state index in [2.05, 4.69) is 28.1 Å². The maximum atomic E-state index is 13.0. The third kappa shape index (κ3) is 4.06. The van der Waals surface area contributed by atoms with Crippen LogP contribution in [0.4, 0.5) is 4.39 Å². The van der Waals surface area contributed by atoms with Crippen LogP contribution in [-0.4, -0.2) is 0 Å². The zero-order valence-corrected chi connectivity index (χ0v) is 13.0. The van der Waals surface area contributed by atoms with E-state index in [0.29, 0.717) is 0 Å². The van der Waals surface area contributed by atoms with E-state index in [1.807, 2.05) is 25.1 Å². The van der Waals surface area contributed by atoms with Crippen LogP contribution in [0, 0.1) is 5.82 Å². The standard InChI is InChI=1S/C15H15BrFNS/c1-10(18)11-3-2-4-14(7-11)19-9-12-5-6-13(17)8-15(12)16/h2-8,10H,9,18H2,1H3. The van der Waals surface area contributed by atoms with Crippen molar-refractivity contribution < 1.29 is 4.39 Å². The minimum Gasteiger partial charge on any atom is -0.324 e. The van der Waals surface area contributed by atoms with E-state index in [9.17, 15) is 4.39 Å². The largest absolute Gasteiger partial charge is 0.324 e. The van der Waals surface area contributed by atoms with E-state index in [-0.39, 0.29) is 11.9 Å². The molecule has 100 valence electrons. The van der Waals surface area contributed by atoms with Gasteiger partial charge in [-0.25, -0.2) is 4.39 Å². The van der Waals surface area contributed by atoms with Gasteiger partial charge in [-0.15, -0.1) is 11.8 Å². The first-order valence-electron chi connectivity index (χ1n) is 5.98. The molecule has 0 amide bonds. The van der Waals surface area contributed by atoms with Crippen LogP contribution in [0.2, 0.25) is 0 Å². The summed E-state index contributed by atoms with van der Waals surface area (Å²) in [7, 11) is 0. The lowest BCUT2D eigenvalue weighted by molar-refractivity contribution is 0.626. The molecule has 0 fully saturated rings. The molecule has 2 rings (SSSR count). The van der Waals surface area contributed by atoms with E-state index in [0.717, 1.165) is 21.4 Å². The lowest BCUT2D eigenvalue weighted by atomic mass is 10.1. The summed E-state index contributed by atoms with van der Waals surface area (Å²) in [4.78, 5) is 1.17. The van der Waals surface area contributed by atoms with Gasteiger partial charge in [0.1, 0.15) is 5.82 Å². The number of hydrogen-bond acceptors (Lipinski definition) is 2. The Bertz CT molecular complexity index is 572. The highest BCUT2D eigenvalue weighted by atomic mass is 79.9. The van der Waals surface area contributed by atoms with Crippen molar-refractivity contribution in [2.75, 3.05) is 0 Å². The molecule has 4 heteroatoms. The molecule has 2 aromatic rings. The molecule has 0 aromatic heterocycles. The quantitative estimate of drug-likeness (QED) is 0.801. The minimum absolute atomic E-state index is 0.0399. The molecule has 1 nitrogen and oxygen atoms in total. The molecule has 0 saturated heterocycles. The highest BCUT2D eigenvalue weighted by Gasteiger charge is 2.04. The summed E-state index contributed by atoms with van der Waals surface area (Å²) >= 11 is 5.10. The predicted octanol–water partition coefficient (Wildman–Crippen LogP) is 4.90. The topological polar surface area (TPSA) is 26.0 Å². The van der Waals surface area contributed by atoms with Crippen LogP contribution < -0.4 is 5.73 Å². The summed E-state index contributed by atoms with van der Waals surface area (Å²) in [5, 5.41) is 0. The molecule has 0 saturated carbocycles. The van der Waals surface area contributed by atoms with Crippen molar-refractivity contribution in [1.29, 1.82) is 0 Å². The van der Waals surface area contributed by atoms with E-state index in [4.69, 9.17) is 5.73 Å². The fraction of sp³-hybridized carbons (Fsp3) is 0.200. The molecular weight excluding hydrogens is 325 g/mol. The van der Waals surface area contributed by atoms with Gasteiger partial charge in [-0.3, -0.25) is 0 Å². The van der Waals surface area contributed by atoms with Gasteiger partial charge in [0.25, 0.3) is 0 Å². The van der Waals surface area contributed by atoms with Crippen LogP contribution in [0.3, 0.4) is 0 Å². The second-order valence-electron chi connectivity index (χ2n) is 4.39. The third-order valence-electron chi connectivity index (χ3n) is 2.79. The normalized spacial score (nSPS) is 12.4. The Morgan fingerprint density at radius 2 is 2.05 bits per heavy atom. The molecule has 0 heterocycles. The Balaban J connectivity index is 2.08. The third-order valence-corrected chi connectivity index (χ3v) is 4.57. The Morgan fingerprint density at radius 3 is 2.74 bits per heavy atom. The highest BCUT2D eigenvalue weighted by molar-refractivity contribution is 9.10. The van der Waals surface area contributed by atoms with Crippen molar-refractivity contribution in [2.24, 2.45) is 5.73 Å². The van der Waals surface area contributed by atoms with Crippen LogP contribution in [0.25, 0.3) is 0 Å². The Kier molecular flexibility index (Phi) is 5.02. The van der Waals surface area contributed by atoms with Gasteiger partial charge >= 0.3 is 0 Å². The summed E-state index contributed by atoms with van der Waals surface area (Å²) in [6.45, 7) is 1.97. The van der Waals surface area contributed by atoms with E-state index in [1.54, 1.807) is 11.8 Å². The van der Waals surface area contributed by atoms with Crippen LogP contribution in [0.5, 0.6) is 0 Å². The second kappa shape index (κ2) is 6.55. The zero-order valence-electron chi connectivity index (χ0n) is 10.6. The molecule has 0 bridgehead atoms. The number of rotatable bonds is 4. The molecule has 0 aliphatic heterocycles. The minimum atomic E-state index is -0.223. The molecule has 0 radical (unpaired) electrons. The SMILES string of the molecule is CC(N)c1cccc(SCc2ccc(F)cc2Br)c1. The average molecular weight is 340 g/mol. The van der Waals surface area contributed by atoms with Crippen molar-refractivity contribution in [1.82, 2.24) is 0 Å². The number of hydrogen-bond donors (Lipinski definition) is 1. The van der Waals surface area contributed by atoms with Crippen LogP contribution in [-0.2, 0) is 5.75 Å². The first-order chi connectivity index (χ1) is 9.06. The Morgan fingerprint density at radius 1 is 1.26 bits per heavy atom. The van der Waals surface area contributed by atoms with Gasteiger partial charge in [-0.2, -0.15) is 0 Å². The molecule has 1 unspecified atom stereocenters. The van der Waals surface area contributed by atoms with Crippen LogP contribution in [0.1, 0.15) is 24.1 Å². The van der Waals surface area contributed by atoms with Crippen molar-refractivity contribution in [2.45, 2.75) is 23.6 Å². The maximum Gasteiger partial charge on any atom is 0.124 e. The molecular formula is C15H15BrFNS. The predicted molar refractivity (Wildman–Crippen MR) is 82.7 cm³/mol. The van der Waals surface area contributed by atoms with Gasteiger partial charge in [0.05, 0.1) is 0 Å². The fourth-order valence-electron chi connectivity index (χ4n) is 1.69. The summed E-state index contributed by atoms with van der Waals surface area (Å²) in [5.74, 6) is 0.572. The molecule has 2 N–H and O–H groups in total. The Labute approximate surface area is 125 Å². The molecule has 1 atom stereocenters.